The smallest absolute Gasteiger partial charge is 0.224 e. The SMILES string of the molecule is CCNC(=NCCC(=O)N1CCCC(C)C1)Nc1ccc(OC)c(OCC)c1.I. The quantitative estimate of drug-likeness (QED) is 0.312. The van der Waals surface area contributed by atoms with Crippen LogP contribution in [0.15, 0.2) is 23.2 Å². The van der Waals surface area contributed by atoms with Gasteiger partial charge in [0.2, 0.25) is 5.91 Å². The van der Waals surface area contributed by atoms with E-state index in [9.17, 15) is 4.79 Å². The van der Waals surface area contributed by atoms with E-state index in [1.807, 2.05) is 36.9 Å². The number of hydrogen-bond donors (Lipinski definition) is 2. The third kappa shape index (κ3) is 8.28. The number of halogens is 1. The lowest BCUT2D eigenvalue weighted by atomic mass is 10.00. The molecule has 29 heavy (non-hydrogen) atoms. The van der Waals surface area contributed by atoms with Crippen molar-refractivity contribution < 1.29 is 14.3 Å². The first-order valence-electron chi connectivity index (χ1n) is 10.2. The van der Waals surface area contributed by atoms with E-state index in [-0.39, 0.29) is 29.9 Å². The van der Waals surface area contributed by atoms with E-state index in [1.165, 1.54) is 6.42 Å². The second-order valence-corrected chi connectivity index (χ2v) is 7.02. The van der Waals surface area contributed by atoms with Crippen molar-refractivity contribution in [2.45, 2.75) is 40.0 Å². The summed E-state index contributed by atoms with van der Waals surface area (Å²) in [7, 11) is 1.62. The van der Waals surface area contributed by atoms with Crippen LogP contribution < -0.4 is 20.1 Å². The number of anilines is 1. The molecule has 7 nitrogen and oxygen atoms in total. The summed E-state index contributed by atoms with van der Waals surface area (Å²) in [5.41, 5.74) is 0.847. The minimum absolute atomic E-state index is 0. The predicted molar refractivity (Wildman–Crippen MR) is 129 cm³/mol. The fourth-order valence-electron chi connectivity index (χ4n) is 3.30. The van der Waals surface area contributed by atoms with Crippen LogP contribution >= 0.6 is 24.0 Å². The van der Waals surface area contributed by atoms with E-state index in [1.54, 1.807) is 7.11 Å². The molecule has 1 fully saturated rings. The molecule has 2 N–H and O–H groups in total. The lowest BCUT2D eigenvalue weighted by Crippen LogP contribution is -2.39. The van der Waals surface area contributed by atoms with Gasteiger partial charge in [0.15, 0.2) is 17.5 Å². The summed E-state index contributed by atoms with van der Waals surface area (Å²) in [6.07, 6.45) is 2.73. The van der Waals surface area contributed by atoms with Gasteiger partial charge < -0.3 is 25.0 Å². The number of nitrogens with one attached hydrogen (secondary N) is 2. The van der Waals surface area contributed by atoms with Crippen molar-refractivity contribution in [3.8, 4) is 11.5 Å². The number of nitrogens with zero attached hydrogens (tertiary/aromatic N) is 2. The minimum Gasteiger partial charge on any atom is -0.493 e. The number of guanidine groups is 1. The van der Waals surface area contributed by atoms with Crippen molar-refractivity contribution in [3.05, 3.63) is 18.2 Å². The van der Waals surface area contributed by atoms with Gasteiger partial charge in [-0.1, -0.05) is 6.92 Å². The van der Waals surface area contributed by atoms with Crippen LogP contribution in [0.5, 0.6) is 11.5 Å². The Labute approximate surface area is 191 Å². The highest BCUT2D eigenvalue weighted by Gasteiger charge is 2.20. The zero-order chi connectivity index (χ0) is 20.4. The van der Waals surface area contributed by atoms with E-state index in [0.717, 1.165) is 31.7 Å². The van der Waals surface area contributed by atoms with Crippen LogP contribution in [-0.4, -0.2) is 56.7 Å². The zero-order valence-corrected chi connectivity index (χ0v) is 20.3. The molecule has 0 aliphatic carbocycles. The van der Waals surface area contributed by atoms with Gasteiger partial charge in [-0.3, -0.25) is 9.79 Å². The summed E-state index contributed by atoms with van der Waals surface area (Å²) >= 11 is 0. The van der Waals surface area contributed by atoms with Crippen LogP contribution in [0.2, 0.25) is 0 Å². The highest BCUT2D eigenvalue weighted by molar-refractivity contribution is 14.0. The summed E-state index contributed by atoms with van der Waals surface area (Å²) in [4.78, 5) is 18.9. The van der Waals surface area contributed by atoms with E-state index < -0.39 is 0 Å². The average Bonchev–Trinajstić information content (AvgIpc) is 2.68. The van der Waals surface area contributed by atoms with Crippen molar-refractivity contribution in [2.75, 3.05) is 45.2 Å². The summed E-state index contributed by atoms with van der Waals surface area (Å²) in [5.74, 6) is 2.80. The van der Waals surface area contributed by atoms with Gasteiger partial charge >= 0.3 is 0 Å². The fourth-order valence-corrected chi connectivity index (χ4v) is 3.30. The molecule has 0 saturated carbocycles. The molecular formula is C21H35IN4O3. The van der Waals surface area contributed by atoms with Gasteiger partial charge in [0.25, 0.3) is 0 Å². The van der Waals surface area contributed by atoms with Gasteiger partial charge in [-0.2, -0.15) is 0 Å². The Kier molecular flexibility index (Phi) is 11.8. The minimum atomic E-state index is 0. The van der Waals surface area contributed by atoms with Crippen LogP contribution in [0.25, 0.3) is 0 Å². The van der Waals surface area contributed by atoms with Crippen molar-refractivity contribution >= 4 is 41.5 Å². The average molecular weight is 518 g/mol. The number of aliphatic imine (C=N–C) groups is 1. The molecule has 0 aromatic heterocycles. The molecule has 0 radical (unpaired) electrons. The number of likely N-dealkylation sites (tertiary alicyclic amines) is 1. The maximum Gasteiger partial charge on any atom is 0.224 e. The maximum absolute atomic E-state index is 12.4. The first-order chi connectivity index (χ1) is 13.6. The van der Waals surface area contributed by atoms with E-state index >= 15 is 0 Å². The lowest BCUT2D eigenvalue weighted by Gasteiger charge is -2.30. The molecule has 1 saturated heterocycles. The van der Waals surface area contributed by atoms with Crippen molar-refractivity contribution in [1.82, 2.24) is 10.2 Å². The number of benzene rings is 1. The third-order valence-electron chi connectivity index (χ3n) is 4.68. The van der Waals surface area contributed by atoms with Gasteiger partial charge in [0.1, 0.15) is 0 Å². The van der Waals surface area contributed by atoms with Crippen molar-refractivity contribution in [1.29, 1.82) is 0 Å². The molecule has 2 rings (SSSR count). The molecule has 1 atom stereocenters. The highest BCUT2D eigenvalue weighted by Crippen LogP contribution is 2.30. The number of piperidine rings is 1. The first kappa shape index (κ1) is 25.3. The first-order valence-corrected chi connectivity index (χ1v) is 10.2. The van der Waals surface area contributed by atoms with Gasteiger partial charge in [-0.25, -0.2) is 0 Å². The maximum atomic E-state index is 12.4. The van der Waals surface area contributed by atoms with Crippen LogP contribution in [-0.2, 0) is 4.79 Å². The van der Waals surface area contributed by atoms with Gasteiger partial charge in [0, 0.05) is 37.8 Å². The summed E-state index contributed by atoms with van der Waals surface area (Å²) in [6.45, 7) is 9.64. The molecule has 1 unspecified atom stereocenters. The molecule has 1 aliphatic heterocycles. The Balaban J connectivity index is 0.00000420. The number of carbonyl (C=O) groups excluding carboxylic acids is 1. The molecule has 1 amide bonds. The molecule has 1 aromatic carbocycles. The number of hydrogen-bond acceptors (Lipinski definition) is 4. The number of rotatable bonds is 8. The Morgan fingerprint density at radius 3 is 2.76 bits per heavy atom. The lowest BCUT2D eigenvalue weighted by molar-refractivity contribution is -0.132. The van der Waals surface area contributed by atoms with Crippen molar-refractivity contribution in [2.24, 2.45) is 10.9 Å². The molecular weight excluding hydrogens is 483 g/mol. The number of amides is 1. The Morgan fingerprint density at radius 2 is 2.10 bits per heavy atom. The standard InChI is InChI=1S/C21H34N4O3.HI/c1-5-22-21(23-12-11-20(26)25-13-7-8-16(3)15-25)24-17-9-10-18(27-4)19(14-17)28-6-2;/h9-10,14,16H,5-8,11-13,15H2,1-4H3,(H2,22,23,24);1H. The van der Waals surface area contributed by atoms with Crippen LogP contribution in [0.1, 0.15) is 40.0 Å². The van der Waals surface area contributed by atoms with Gasteiger partial charge in [-0.15, -0.1) is 24.0 Å². The Bertz CT molecular complexity index is 669. The van der Waals surface area contributed by atoms with E-state index in [2.05, 4.69) is 22.5 Å². The Morgan fingerprint density at radius 1 is 1.31 bits per heavy atom. The Hall–Kier alpha value is -1.71. The van der Waals surface area contributed by atoms with Gasteiger partial charge in [0.05, 0.1) is 20.3 Å². The molecule has 0 spiro atoms. The van der Waals surface area contributed by atoms with E-state index in [4.69, 9.17) is 9.47 Å². The molecule has 1 aromatic rings. The second kappa shape index (κ2) is 13.5. The second-order valence-electron chi connectivity index (χ2n) is 7.02. The number of methoxy groups -OCH3 is 1. The van der Waals surface area contributed by atoms with Gasteiger partial charge in [-0.05, 0) is 44.7 Å². The van der Waals surface area contributed by atoms with Crippen LogP contribution in [0.4, 0.5) is 5.69 Å². The summed E-state index contributed by atoms with van der Waals surface area (Å²) < 4.78 is 10.9. The summed E-state index contributed by atoms with van der Waals surface area (Å²) in [5, 5.41) is 6.48. The monoisotopic (exact) mass is 518 g/mol. The molecule has 1 heterocycles. The third-order valence-corrected chi connectivity index (χ3v) is 4.68. The molecule has 164 valence electrons. The fraction of sp³-hybridized carbons (Fsp3) is 0.619. The normalized spacial score (nSPS) is 16.6. The highest BCUT2D eigenvalue weighted by atomic mass is 127. The van der Waals surface area contributed by atoms with Crippen molar-refractivity contribution in [3.63, 3.8) is 0 Å². The molecule has 0 bridgehead atoms. The predicted octanol–water partition coefficient (Wildman–Crippen LogP) is 3.74. The largest absolute Gasteiger partial charge is 0.493 e. The molecule has 1 aliphatic rings. The van der Waals surface area contributed by atoms with Crippen LogP contribution in [0, 0.1) is 5.92 Å². The zero-order valence-electron chi connectivity index (χ0n) is 18.0. The topological polar surface area (TPSA) is 75.2 Å². The van der Waals surface area contributed by atoms with E-state index in [0.29, 0.717) is 42.9 Å². The van der Waals surface area contributed by atoms with Crippen LogP contribution in [0.3, 0.4) is 0 Å². The summed E-state index contributed by atoms with van der Waals surface area (Å²) in [6, 6.07) is 5.65. The number of ether oxygens (including phenoxy) is 2. The number of carbonyl (C=O) groups is 1. The molecule has 8 heteroatoms.